The highest BCUT2D eigenvalue weighted by Gasteiger charge is 2.26. The molecule has 2 atom stereocenters. The molecule has 0 aromatic heterocycles. The molecule has 0 spiro atoms. The Balaban J connectivity index is 1.79. The summed E-state index contributed by atoms with van der Waals surface area (Å²) in [7, 11) is 0. The maximum Gasteiger partial charge on any atom is 0.303 e. The van der Waals surface area contributed by atoms with Gasteiger partial charge in [0.25, 0.3) is 5.24 Å². The lowest BCUT2D eigenvalue weighted by atomic mass is 10.1. The Labute approximate surface area is 165 Å². The van der Waals surface area contributed by atoms with Crippen molar-refractivity contribution in [2.45, 2.75) is 57.1 Å². The van der Waals surface area contributed by atoms with Gasteiger partial charge in [-0.15, -0.1) is 0 Å². The SMILES string of the molecule is O=C(O)CCCCCCN1C(=O)SCC[C@@H]1C=CC(O)Cc1ccccc1. The zero-order valence-electron chi connectivity index (χ0n) is 15.6. The van der Waals surface area contributed by atoms with E-state index in [0.29, 0.717) is 19.4 Å². The third-order valence-electron chi connectivity index (χ3n) is 4.66. The van der Waals surface area contributed by atoms with Gasteiger partial charge in [-0.1, -0.05) is 67.1 Å². The molecule has 1 fully saturated rings. The second-order valence-electron chi connectivity index (χ2n) is 6.86. The van der Waals surface area contributed by atoms with Gasteiger partial charge in [0.1, 0.15) is 0 Å². The maximum absolute atomic E-state index is 12.3. The molecular weight excluding hydrogens is 362 g/mol. The number of carbonyl (C=O) groups excluding carboxylic acids is 1. The van der Waals surface area contributed by atoms with E-state index in [0.717, 1.165) is 37.0 Å². The summed E-state index contributed by atoms with van der Waals surface area (Å²) in [5, 5.41) is 19.0. The summed E-state index contributed by atoms with van der Waals surface area (Å²) in [6.45, 7) is 0.683. The van der Waals surface area contributed by atoms with Gasteiger partial charge in [-0.3, -0.25) is 9.59 Å². The van der Waals surface area contributed by atoms with Gasteiger partial charge >= 0.3 is 5.97 Å². The fourth-order valence-electron chi connectivity index (χ4n) is 3.19. The Kier molecular flexibility index (Phi) is 9.42. The second-order valence-corrected chi connectivity index (χ2v) is 7.91. The number of carbonyl (C=O) groups is 2. The second kappa shape index (κ2) is 11.8. The Morgan fingerprint density at radius 1 is 1.22 bits per heavy atom. The molecule has 1 amide bonds. The maximum atomic E-state index is 12.3. The number of hydrogen-bond acceptors (Lipinski definition) is 4. The highest BCUT2D eigenvalue weighted by molar-refractivity contribution is 8.13. The van der Waals surface area contributed by atoms with Crippen molar-refractivity contribution < 1.29 is 19.8 Å². The number of carboxylic acids is 1. The van der Waals surface area contributed by atoms with Crippen molar-refractivity contribution >= 4 is 23.0 Å². The summed E-state index contributed by atoms with van der Waals surface area (Å²) in [5.74, 6) is 0.0504. The van der Waals surface area contributed by atoms with E-state index in [1.165, 1.54) is 11.8 Å². The molecule has 0 bridgehead atoms. The van der Waals surface area contributed by atoms with Gasteiger partial charge in [0.15, 0.2) is 0 Å². The lowest BCUT2D eigenvalue weighted by Crippen LogP contribution is -2.41. The summed E-state index contributed by atoms with van der Waals surface area (Å²) < 4.78 is 0. The first-order valence-corrected chi connectivity index (χ1v) is 10.6. The highest BCUT2D eigenvalue weighted by Crippen LogP contribution is 2.24. The number of aliphatic carboxylic acids is 1. The first-order valence-electron chi connectivity index (χ1n) is 9.62. The van der Waals surface area contributed by atoms with Gasteiger partial charge in [-0.05, 0) is 24.8 Å². The molecule has 0 saturated carbocycles. The van der Waals surface area contributed by atoms with E-state index in [2.05, 4.69) is 0 Å². The highest BCUT2D eigenvalue weighted by atomic mass is 32.2. The van der Waals surface area contributed by atoms with Crippen LogP contribution in [-0.2, 0) is 11.2 Å². The molecule has 1 aromatic carbocycles. The van der Waals surface area contributed by atoms with Crippen LogP contribution in [0.15, 0.2) is 42.5 Å². The van der Waals surface area contributed by atoms with E-state index < -0.39 is 12.1 Å². The molecule has 1 saturated heterocycles. The average molecular weight is 392 g/mol. The van der Waals surface area contributed by atoms with E-state index in [1.54, 1.807) is 6.08 Å². The van der Waals surface area contributed by atoms with Crippen molar-refractivity contribution in [2.75, 3.05) is 12.3 Å². The van der Waals surface area contributed by atoms with E-state index >= 15 is 0 Å². The minimum absolute atomic E-state index is 0.0307. The van der Waals surface area contributed by atoms with Crippen LogP contribution in [0.25, 0.3) is 0 Å². The van der Waals surface area contributed by atoms with Crippen LogP contribution in [0.5, 0.6) is 0 Å². The number of unbranched alkanes of at least 4 members (excludes halogenated alkanes) is 3. The van der Waals surface area contributed by atoms with Gasteiger partial charge in [0.2, 0.25) is 0 Å². The number of hydrogen-bond donors (Lipinski definition) is 2. The molecule has 1 unspecified atom stereocenters. The normalized spacial score (nSPS) is 18.8. The molecule has 2 N–H and O–H groups in total. The van der Waals surface area contributed by atoms with Crippen LogP contribution >= 0.6 is 11.8 Å². The molecule has 148 valence electrons. The minimum atomic E-state index is -0.753. The fraction of sp³-hybridized carbons (Fsp3) is 0.524. The standard InChI is InChI=1S/C21H29NO4S/c23-19(16-17-8-4-3-5-9-17)12-11-18-13-15-27-21(26)22(18)14-7-2-1-6-10-20(24)25/h3-5,8-9,11-12,18-19,23H,1-2,6-7,10,13-16H2,(H,24,25)/t18-,19?/m0/s1. The average Bonchev–Trinajstić information content (AvgIpc) is 2.65. The number of aliphatic hydroxyl groups is 1. The summed E-state index contributed by atoms with van der Waals surface area (Å²) in [6, 6.07) is 9.89. The smallest absolute Gasteiger partial charge is 0.303 e. The van der Waals surface area contributed by atoms with Crippen molar-refractivity contribution in [3.05, 3.63) is 48.0 Å². The molecule has 27 heavy (non-hydrogen) atoms. The van der Waals surface area contributed by atoms with Crippen molar-refractivity contribution in [1.29, 1.82) is 0 Å². The predicted octanol–water partition coefficient (Wildman–Crippen LogP) is 4.11. The summed E-state index contributed by atoms with van der Waals surface area (Å²) in [4.78, 5) is 24.7. The van der Waals surface area contributed by atoms with E-state index in [4.69, 9.17) is 5.11 Å². The van der Waals surface area contributed by atoms with Crippen molar-refractivity contribution in [3.8, 4) is 0 Å². The number of benzene rings is 1. The van der Waals surface area contributed by atoms with Crippen LogP contribution < -0.4 is 0 Å². The number of thioether (sulfide) groups is 1. The monoisotopic (exact) mass is 391 g/mol. The lowest BCUT2D eigenvalue weighted by Gasteiger charge is -2.33. The Morgan fingerprint density at radius 2 is 1.96 bits per heavy atom. The van der Waals surface area contributed by atoms with Crippen LogP contribution in [-0.4, -0.2) is 50.8 Å². The summed E-state index contributed by atoms with van der Waals surface area (Å²) in [6.07, 6.45) is 8.25. The molecule has 0 aliphatic carbocycles. The minimum Gasteiger partial charge on any atom is -0.481 e. The Morgan fingerprint density at radius 3 is 2.70 bits per heavy atom. The third kappa shape index (κ3) is 8.18. The van der Waals surface area contributed by atoms with Gasteiger partial charge in [0, 0.05) is 25.1 Å². The Bertz CT molecular complexity index is 620. The van der Waals surface area contributed by atoms with E-state index in [-0.39, 0.29) is 17.7 Å². The quantitative estimate of drug-likeness (QED) is 0.438. The van der Waals surface area contributed by atoms with Crippen molar-refractivity contribution in [2.24, 2.45) is 0 Å². The van der Waals surface area contributed by atoms with Crippen LogP contribution in [0.2, 0.25) is 0 Å². The number of carboxylic acid groups (broad SMARTS) is 1. The van der Waals surface area contributed by atoms with Crippen LogP contribution in [0.3, 0.4) is 0 Å². The van der Waals surface area contributed by atoms with Crippen molar-refractivity contribution in [1.82, 2.24) is 4.90 Å². The zero-order valence-corrected chi connectivity index (χ0v) is 16.4. The molecule has 6 heteroatoms. The molecule has 1 aliphatic rings. The molecule has 0 radical (unpaired) electrons. The first kappa shape index (κ1) is 21.5. The number of aliphatic hydroxyl groups excluding tert-OH is 1. The van der Waals surface area contributed by atoms with Gasteiger partial charge in [-0.2, -0.15) is 0 Å². The molecular formula is C21H29NO4S. The van der Waals surface area contributed by atoms with Crippen LogP contribution in [0.4, 0.5) is 4.79 Å². The summed E-state index contributed by atoms with van der Waals surface area (Å²) >= 11 is 1.35. The fourth-order valence-corrected chi connectivity index (χ4v) is 4.12. The third-order valence-corrected chi connectivity index (χ3v) is 5.58. The number of amides is 1. The van der Waals surface area contributed by atoms with Gasteiger partial charge in [-0.25, -0.2) is 0 Å². The van der Waals surface area contributed by atoms with Crippen LogP contribution in [0.1, 0.15) is 44.1 Å². The zero-order chi connectivity index (χ0) is 19.5. The molecule has 5 nitrogen and oxygen atoms in total. The van der Waals surface area contributed by atoms with Gasteiger partial charge in [0.05, 0.1) is 12.1 Å². The molecule has 2 rings (SSSR count). The van der Waals surface area contributed by atoms with Gasteiger partial charge < -0.3 is 15.1 Å². The van der Waals surface area contributed by atoms with E-state index in [1.807, 2.05) is 41.3 Å². The van der Waals surface area contributed by atoms with E-state index in [9.17, 15) is 14.7 Å². The largest absolute Gasteiger partial charge is 0.481 e. The Hall–Kier alpha value is -1.79. The molecule has 1 heterocycles. The first-order chi connectivity index (χ1) is 13.1. The topological polar surface area (TPSA) is 77.8 Å². The van der Waals surface area contributed by atoms with Crippen LogP contribution in [0, 0.1) is 0 Å². The summed E-state index contributed by atoms with van der Waals surface area (Å²) in [5.41, 5.74) is 1.09. The predicted molar refractivity (Wildman–Crippen MR) is 109 cm³/mol. The number of nitrogens with zero attached hydrogens (tertiary/aromatic N) is 1. The molecule has 1 aromatic rings. The lowest BCUT2D eigenvalue weighted by molar-refractivity contribution is -0.137. The molecule has 1 aliphatic heterocycles. The number of rotatable bonds is 11. The van der Waals surface area contributed by atoms with Crippen molar-refractivity contribution in [3.63, 3.8) is 0 Å².